The third kappa shape index (κ3) is 5.75. The van der Waals surface area contributed by atoms with Crippen molar-refractivity contribution in [2.75, 3.05) is 0 Å². The number of hydrogen-bond acceptors (Lipinski definition) is 6. The lowest BCUT2D eigenvalue weighted by molar-refractivity contribution is 1.06. The van der Waals surface area contributed by atoms with Crippen LogP contribution in [0.3, 0.4) is 0 Å². The molecule has 0 aliphatic rings. The number of nitriles is 2. The van der Waals surface area contributed by atoms with Crippen molar-refractivity contribution >= 4 is 21.8 Å². The predicted octanol–water partition coefficient (Wildman–Crippen LogP) is 10.4. The molecule has 7 nitrogen and oxygen atoms in total. The average Bonchev–Trinajstić information content (AvgIpc) is 3.57. The van der Waals surface area contributed by atoms with Crippen LogP contribution in [-0.2, 0) is 0 Å². The van der Waals surface area contributed by atoms with Gasteiger partial charge >= 0.3 is 0 Å². The fourth-order valence-electron chi connectivity index (χ4n) is 6.90. The second-order valence-corrected chi connectivity index (χ2v) is 12.6. The van der Waals surface area contributed by atoms with Crippen LogP contribution in [0.25, 0.3) is 83.9 Å². The standard InChI is InChI=1S/C46H27N7/c47-28-30-23-31(29-48)25-37(24-30)36-16-17-42-39(26-36)38-13-7-8-14-41(38)53(42)43-18-15-35(32-19-21-49-22-20-32)27-40(43)46-51-44(33-9-3-1-4-10-33)50-45(52-46)34-11-5-2-6-12-34/h1-27H. The molecule has 3 heterocycles. The number of benzene rings is 6. The van der Waals surface area contributed by atoms with Gasteiger partial charge in [0.25, 0.3) is 0 Å². The van der Waals surface area contributed by atoms with Crippen LogP contribution in [0.5, 0.6) is 0 Å². The molecule has 0 bridgehead atoms. The monoisotopic (exact) mass is 677 g/mol. The maximum atomic E-state index is 9.67. The van der Waals surface area contributed by atoms with Gasteiger partial charge in [-0.1, -0.05) is 91.0 Å². The Labute approximate surface area is 305 Å². The zero-order valence-electron chi connectivity index (χ0n) is 28.2. The minimum Gasteiger partial charge on any atom is -0.309 e. The largest absolute Gasteiger partial charge is 0.309 e. The van der Waals surface area contributed by atoms with E-state index in [2.05, 4.69) is 64.2 Å². The highest BCUT2D eigenvalue weighted by molar-refractivity contribution is 6.11. The van der Waals surface area contributed by atoms with Crippen molar-refractivity contribution in [2.24, 2.45) is 0 Å². The van der Waals surface area contributed by atoms with Crippen molar-refractivity contribution in [3.8, 4) is 74.2 Å². The van der Waals surface area contributed by atoms with E-state index in [1.54, 1.807) is 18.5 Å². The van der Waals surface area contributed by atoms with Crippen LogP contribution in [0.4, 0.5) is 0 Å². The summed E-state index contributed by atoms with van der Waals surface area (Å²) < 4.78 is 2.26. The van der Waals surface area contributed by atoms with Crippen LogP contribution >= 0.6 is 0 Å². The fourth-order valence-corrected chi connectivity index (χ4v) is 6.90. The zero-order chi connectivity index (χ0) is 35.7. The van der Waals surface area contributed by atoms with Gasteiger partial charge in [0.15, 0.2) is 17.5 Å². The summed E-state index contributed by atoms with van der Waals surface area (Å²) in [5, 5.41) is 21.4. The van der Waals surface area contributed by atoms with Gasteiger partial charge in [0.05, 0.1) is 40.0 Å². The number of nitrogens with zero attached hydrogens (tertiary/aromatic N) is 7. The molecule has 7 heteroatoms. The van der Waals surface area contributed by atoms with Crippen LogP contribution in [0, 0.1) is 22.7 Å². The lowest BCUT2D eigenvalue weighted by Crippen LogP contribution is -2.04. The number of aromatic nitrogens is 5. The first kappa shape index (κ1) is 31.3. The van der Waals surface area contributed by atoms with Gasteiger partial charge in [0, 0.05) is 39.9 Å². The molecule has 0 saturated carbocycles. The Bertz CT molecular complexity index is 2810. The van der Waals surface area contributed by atoms with Gasteiger partial charge in [0.1, 0.15) is 0 Å². The molecule has 6 aromatic carbocycles. The molecule has 0 aliphatic heterocycles. The number of hydrogen-bond donors (Lipinski definition) is 0. The number of pyridine rings is 1. The highest BCUT2D eigenvalue weighted by atomic mass is 15.1. The van der Waals surface area contributed by atoms with Crippen LogP contribution in [0.15, 0.2) is 164 Å². The summed E-state index contributed by atoms with van der Waals surface area (Å²) in [6, 6.07) is 54.6. The normalized spacial score (nSPS) is 11.0. The molecule has 0 saturated heterocycles. The lowest BCUT2D eigenvalue weighted by atomic mass is 9.99. The Morgan fingerprint density at radius 2 is 0.981 bits per heavy atom. The maximum absolute atomic E-state index is 9.67. The predicted molar refractivity (Wildman–Crippen MR) is 209 cm³/mol. The van der Waals surface area contributed by atoms with Gasteiger partial charge < -0.3 is 4.57 Å². The van der Waals surface area contributed by atoms with E-state index >= 15 is 0 Å². The lowest BCUT2D eigenvalue weighted by Gasteiger charge is -2.16. The van der Waals surface area contributed by atoms with Gasteiger partial charge in [-0.05, 0) is 82.9 Å². The van der Waals surface area contributed by atoms with E-state index < -0.39 is 0 Å². The molecule has 246 valence electrons. The van der Waals surface area contributed by atoms with Gasteiger partial charge in [-0.2, -0.15) is 10.5 Å². The Morgan fingerprint density at radius 1 is 0.415 bits per heavy atom. The summed E-state index contributed by atoms with van der Waals surface area (Å²) in [5.74, 6) is 1.71. The Balaban J connectivity index is 1.32. The van der Waals surface area contributed by atoms with Gasteiger partial charge in [-0.3, -0.25) is 4.98 Å². The van der Waals surface area contributed by atoms with Gasteiger partial charge in [0.2, 0.25) is 0 Å². The second kappa shape index (κ2) is 13.2. The number of para-hydroxylation sites is 1. The van der Waals surface area contributed by atoms with E-state index in [0.717, 1.165) is 66.4 Å². The van der Waals surface area contributed by atoms with E-state index in [9.17, 15) is 10.5 Å². The molecule has 0 N–H and O–H groups in total. The summed E-state index contributed by atoms with van der Waals surface area (Å²) in [7, 11) is 0. The first-order chi connectivity index (χ1) is 26.2. The van der Waals surface area contributed by atoms with E-state index in [4.69, 9.17) is 15.0 Å². The van der Waals surface area contributed by atoms with Crippen molar-refractivity contribution in [1.29, 1.82) is 10.5 Å². The summed E-state index contributed by atoms with van der Waals surface area (Å²) in [6.07, 6.45) is 3.59. The zero-order valence-corrected chi connectivity index (χ0v) is 28.2. The topological polar surface area (TPSA) is 104 Å². The van der Waals surface area contributed by atoms with Crippen molar-refractivity contribution in [3.63, 3.8) is 0 Å². The molecule has 0 amide bonds. The molecule has 0 spiro atoms. The number of rotatable bonds is 6. The molecule has 0 radical (unpaired) electrons. The maximum Gasteiger partial charge on any atom is 0.166 e. The third-order valence-electron chi connectivity index (χ3n) is 9.39. The Kier molecular flexibility index (Phi) is 7.78. The summed E-state index contributed by atoms with van der Waals surface area (Å²) >= 11 is 0. The van der Waals surface area contributed by atoms with Gasteiger partial charge in [-0.15, -0.1) is 0 Å². The SMILES string of the molecule is N#Cc1cc(C#N)cc(-c2ccc3c(c2)c2ccccc2n3-c2ccc(-c3ccncc3)cc2-c2nc(-c3ccccc3)nc(-c3ccccc3)n2)c1. The fraction of sp³-hybridized carbons (Fsp3) is 0. The Hall–Kier alpha value is -7.74. The van der Waals surface area contributed by atoms with Crippen LogP contribution in [-0.4, -0.2) is 24.5 Å². The smallest absolute Gasteiger partial charge is 0.166 e. The van der Waals surface area contributed by atoms with E-state index in [0.29, 0.717) is 28.6 Å². The average molecular weight is 678 g/mol. The van der Waals surface area contributed by atoms with E-state index in [-0.39, 0.29) is 0 Å². The van der Waals surface area contributed by atoms with E-state index in [1.165, 1.54) is 0 Å². The molecule has 9 rings (SSSR count). The molecule has 3 aromatic heterocycles. The highest BCUT2D eigenvalue weighted by Gasteiger charge is 2.21. The molecule has 9 aromatic rings. The molecule has 0 aliphatic carbocycles. The molecule has 53 heavy (non-hydrogen) atoms. The Morgan fingerprint density at radius 3 is 1.64 bits per heavy atom. The minimum atomic E-state index is 0.447. The van der Waals surface area contributed by atoms with Crippen molar-refractivity contribution < 1.29 is 0 Å². The van der Waals surface area contributed by atoms with Gasteiger partial charge in [-0.25, -0.2) is 15.0 Å². The van der Waals surface area contributed by atoms with E-state index in [1.807, 2.05) is 103 Å². The summed E-state index contributed by atoms with van der Waals surface area (Å²) in [4.78, 5) is 19.5. The number of fused-ring (bicyclic) bond motifs is 3. The van der Waals surface area contributed by atoms with Crippen molar-refractivity contribution in [1.82, 2.24) is 24.5 Å². The summed E-state index contributed by atoms with van der Waals surface area (Å²) in [6.45, 7) is 0. The van der Waals surface area contributed by atoms with Crippen molar-refractivity contribution in [3.05, 3.63) is 175 Å². The molecule has 0 atom stereocenters. The minimum absolute atomic E-state index is 0.447. The highest BCUT2D eigenvalue weighted by Crippen LogP contribution is 2.39. The van der Waals surface area contributed by atoms with Crippen molar-refractivity contribution in [2.45, 2.75) is 0 Å². The first-order valence-electron chi connectivity index (χ1n) is 17.1. The summed E-state index contributed by atoms with van der Waals surface area (Å²) in [5.41, 5.74) is 10.2. The van der Waals surface area contributed by atoms with Crippen LogP contribution in [0.1, 0.15) is 11.1 Å². The molecular weight excluding hydrogens is 651 g/mol. The molecular formula is C46H27N7. The first-order valence-corrected chi connectivity index (χ1v) is 17.1. The molecule has 0 fully saturated rings. The molecule has 0 unspecified atom stereocenters. The third-order valence-corrected chi connectivity index (χ3v) is 9.39. The second-order valence-electron chi connectivity index (χ2n) is 12.6. The quantitative estimate of drug-likeness (QED) is 0.173. The van der Waals surface area contributed by atoms with Crippen LogP contribution < -0.4 is 0 Å². The van der Waals surface area contributed by atoms with Crippen LogP contribution in [0.2, 0.25) is 0 Å².